The number of aldehydes is 1. The zero-order valence-corrected chi connectivity index (χ0v) is 17.3. The molecule has 11 nitrogen and oxygen atoms in total. The number of nitrogens with zero attached hydrogens (tertiary/aromatic N) is 3. The van der Waals surface area contributed by atoms with Gasteiger partial charge in [-0.15, -0.1) is 0 Å². The maximum Gasteiger partial charge on any atom is 0.317 e. The van der Waals surface area contributed by atoms with Gasteiger partial charge in [-0.2, -0.15) is 0 Å². The quantitative estimate of drug-likeness (QED) is 0.236. The van der Waals surface area contributed by atoms with E-state index in [-0.39, 0.29) is 32.0 Å². The van der Waals surface area contributed by atoms with Crippen LogP contribution in [0.3, 0.4) is 0 Å². The number of carbonyl (C=O) groups excluding carboxylic acids is 2. The standard InChI is InChI=1S/C19H31N3O8/c1-15(24)4-2-3-5-19(22(11-17(27)28)12-18(29)30)13-20(8-9-23)6-7-21(14-19)10-16(25)26/h9H,2-8,10-14H2,1H3,(H,25,26)(H,27,28)(H,29,30). The van der Waals surface area contributed by atoms with Gasteiger partial charge in [0.25, 0.3) is 0 Å². The van der Waals surface area contributed by atoms with E-state index in [4.69, 9.17) is 0 Å². The molecule has 1 aliphatic heterocycles. The summed E-state index contributed by atoms with van der Waals surface area (Å²) in [7, 11) is 0. The SMILES string of the molecule is CC(=O)CCCCC1(N(CC(=O)O)CC(=O)O)CN(CC=O)CCN(CC(=O)O)C1. The molecule has 3 N–H and O–H groups in total. The molecule has 0 bridgehead atoms. The topological polar surface area (TPSA) is 156 Å². The molecule has 11 heteroatoms. The van der Waals surface area contributed by atoms with Crippen molar-refractivity contribution in [1.82, 2.24) is 14.7 Å². The van der Waals surface area contributed by atoms with E-state index >= 15 is 0 Å². The Morgan fingerprint density at radius 2 is 1.50 bits per heavy atom. The number of Topliss-reactive ketones (excluding diaryl/α,β-unsaturated/α-hetero) is 1. The van der Waals surface area contributed by atoms with Crippen molar-refractivity contribution < 1.29 is 39.3 Å². The van der Waals surface area contributed by atoms with E-state index < -0.39 is 36.5 Å². The third-order valence-electron chi connectivity index (χ3n) is 5.20. The highest BCUT2D eigenvalue weighted by molar-refractivity contribution is 5.75. The van der Waals surface area contributed by atoms with Gasteiger partial charge in [-0.25, -0.2) is 0 Å². The second-order valence-electron chi connectivity index (χ2n) is 7.78. The molecular formula is C19H31N3O8. The predicted molar refractivity (Wildman–Crippen MR) is 105 cm³/mol. The number of hydrogen-bond donors (Lipinski definition) is 3. The summed E-state index contributed by atoms with van der Waals surface area (Å²) in [5.41, 5.74) is -0.997. The zero-order valence-electron chi connectivity index (χ0n) is 17.3. The van der Waals surface area contributed by atoms with Crippen LogP contribution in [0.15, 0.2) is 0 Å². The molecule has 1 unspecified atom stereocenters. The Hall–Kier alpha value is -2.37. The van der Waals surface area contributed by atoms with Crippen LogP contribution in [0.2, 0.25) is 0 Å². The second-order valence-corrected chi connectivity index (χ2v) is 7.78. The van der Waals surface area contributed by atoms with Crippen molar-refractivity contribution in [2.45, 2.75) is 38.1 Å². The maximum atomic E-state index is 11.5. The number of aliphatic carboxylic acids is 3. The molecule has 0 aliphatic carbocycles. The number of unbranched alkanes of at least 4 members (excludes halogenated alkanes) is 1. The summed E-state index contributed by atoms with van der Waals surface area (Å²) in [6.45, 7) is 1.32. The second kappa shape index (κ2) is 12.4. The number of carboxylic acids is 3. The minimum Gasteiger partial charge on any atom is -0.480 e. The molecule has 1 fully saturated rings. The lowest BCUT2D eigenvalue weighted by molar-refractivity contribution is -0.147. The Morgan fingerprint density at radius 3 is 2.00 bits per heavy atom. The van der Waals surface area contributed by atoms with Gasteiger partial charge in [-0.1, -0.05) is 6.42 Å². The predicted octanol–water partition coefficient (Wildman–Crippen LogP) is -0.753. The molecule has 0 spiro atoms. The minimum absolute atomic E-state index is 0.0212. The van der Waals surface area contributed by atoms with Crippen molar-refractivity contribution >= 4 is 30.0 Å². The van der Waals surface area contributed by atoms with Crippen molar-refractivity contribution in [3.63, 3.8) is 0 Å². The summed E-state index contributed by atoms with van der Waals surface area (Å²) in [5.74, 6) is -3.43. The molecule has 170 valence electrons. The molecular weight excluding hydrogens is 398 g/mol. The van der Waals surface area contributed by atoms with Crippen molar-refractivity contribution in [3.8, 4) is 0 Å². The maximum absolute atomic E-state index is 11.5. The average Bonchev–Trinajstić information content (AvgIpc) is 2.77. The van der Waals surface area contributed by atoms with E-state index in [2.05, 4.69) is 0 Å². The monoisotopic (exact) mass is 429 g/mol. The third kappa shape index (κ3) is 8.97. The average molecular weight is 429 g/mol. The van der Waals surface area contributed by atoms with E-state index in [0.717, 1.165) is 0 Å². The van der Waals surface area contributed by atoms with E-state index in [0.29, 0.717) is 45.1 Å². The largest absolute Gasteiger partial charge is 0.480 e. The summed E-state index contributed by atoms with van der Waals surface area (Å²) in [6, 6.07) is 0. The Labute approximate surface area is 175 Å². The molecule has 0 saturated carbocycles. The van der Waals surface area contributed by atoms with E-state index in [1.165, 1.54) is 11.8 Å². The summed E-state index contributed by atoms with van der Waals surface area (Å²) in [6.07, 6.45) is 2.52. The molecule has 1 rings (SSSR count). The molecule has 1 atom stereocenters. The van der Waals surface area contributed by atoms with E-state index in [1.54, 1.807) is 9.80 Å². The fraction of sp³-hybridized carbons (Fsp3) is 0.737. The van der Waals surface area contributed by atoms with Crippen LogP contribution < -0.4 is 0 Å². The highest BCUT2D eigenvalue weighted by Gasteiger charge is 2.43. The first kappa shape index (κ1) is 25.7. The Balaban J connectivity index is 3.30. The van der Waals surface area contributed by atoms with Crippen molar-refractivity contribution in [1.29, 1.82) is 0 Å². The van der Waals surface area contributed by atoms with Crippen LogP contribution in [-0.2, 0) is 24.0 Å². The lowest BCUT2D eigenvalue weighted by Crippen LogP contribution is -2.62. The fourth-order valence-electron chi connectivity index (χ4n) is 3.97. The summed E-state index contributed by atoms with van der Waals surface area (Å²) >= 11 is 0. The van der Waals surface area contributed by atoms with Crippen molar-refractivity contribution in [2.75, 3.05) is 52.4 Å². The molecule has 0 aromatic rings. The van der Waals surface area contributed by atoms with Crippen LogP contribution in [0.25, 0.3) is 0 Å². The first-order valence-electron chi connectivity index (χ1n) is 9.86. The summed E-state index contributed by atoms with van der Waals surface area (Å²) in [4.78, 5) is 61.5. The molecule has 0 aromatic carbocycles. The molecule has 1 saturated heterocycles. The zero-order chi connectivity index (χ0) is 22.7. The summed E-state index contributed by atoms with van der Waals surface area (Å²) < 4.78 is 0. The fourth-order valence-corrected chi connectivity index (χ4v) is 3.97. The van der Waals surface area contributed by atoms with Gasteiger partial charge in [0.1, 0.15) is 12.1 Å². The van der Waals surface area contributed by atoms with Gasteiger partial charge in [-0.05, 0) is 19.8 Å². The lowest BCUT2D eigenvalue weighted by Gasteiger charge is -2.45. The van der Waals surface area contributed by atoms with Gasteiger partial charge >= 0.3 is 17.9 Å². The van der Waals surface area contributed by atoms with Crippen LogP contribution in [0.1, 0.15) is 32.6 Å². The molecule has 30 heavy (non-hydrogen) atoms. The Morgan fingerprint density at radius 1 is 0.933 bits per heavy atom. The molecule has 0 amide bonds. The van der Waals surface area contributed by atoms with E-state index in [1.807, 2.05) is 0 Å². The van der Waals surface area contributed by atoms with Crippen LogP contribution >= 0.6 is 0 Å². The molecule has 0 aromatic heterocycles. The highest BCUT2D eigenvalue weighted by atomic mass is 16.4. The van der Waals surface area contributed by atoms with Gasteiger partial charge < -0.3 is 24.9 Å². The van der Waals surface area contributed by atoms with E-state index in [9.17, 15) is 39.3 Å². The highest BCUT2D eigenvalue weighted by Crippen LogP contribution is 2.28. The van der Waals surface area contributed by atoms with Gasteiger partial charge in [0.2, 0.25) is 0 Å². The minimum atomic E-state index is -1.20. The smallest absolute Gasteiger partial charge is 0.317 e. The number of hydrogen-bond acceptors (Lipinski definition) is 8. The van der Waals surface area contributed by atoms with Crippen molar-refractivity contribution in [3.05, 3.63) is 0 Å². The van der Waals surface area contributed by atoms with Gasteiger partial charge in [0.15, 0.2) is 0 Å². The van der Waals surface area contributed by atoms with Crippen LogP contribution in [0.5, 0.6) is 0 Å². The first-order chi connectivity index (χ1) is 14.1. The Bertz CT molecular complexity index is 625. The normalized spacial score (nSPS) is 20.6. The van der Waals surface area contributed by atoms with Gasteiger partial charge in [0, 0.05) is 38.1 Å². The molecule has 0 radical (unpaired) electrons. The van der Waals surface area contributed by atoms with Crippen LogP contribution in [0, 0.1) is 0 Å². The van der Waals surface area contributed by atoms with Gasteiger partial charge in [-0.3, -0.25) is 29.1 Å². The number of rotatable bonds is 14. The number of carboxylic acid groups (broad SMARTS) is 3. The first-order valence-corrected chi connectivity index (χ1v) is 9.86. The van der Waals surface area contributed by atoms with Crippen LogP contribution in [-0.4, -0.2) is 118 Å². The van der Waals surface area contributed by atoms with Crippen LogP contribution in [0.4, 0.5) is 0 Å². The van der Waals surface area contributed by atoms with Crippen molar-refractivity contribution in [2.24, 2.45) is 0 Å². The third-order valence-corrected chi connectivity index (χ3v) is 5.20. The Kier molecular flexibility index (Phi) is 10.6. The molecule has 1 aliphatic rings. The molecule has 1 heterocycles. The van der Waals surface area contributed by atoms with Gasteiger partial charge in [0.05, 0.1) is 26.2 Å². The lowest BCUT2D eigenvalue weighted by atomic mass is 9.88. The number of ketones is 1. The summed E-state index contributed by atoms with van der Waals surface area (Å²) in [5, 5.41) is 28.0. The number of carbonyl (C=O) groups is 5.